The van der Waals surface area contributed by atoms with Crippen LogP contribution in [0.15, 0.2) is 0 Å². The Balaban J connectivity index is 2.17. The molecule has 1 saturated heterocycles. The molecule has 1 atom stereocenters. The fourth-order valence-electron chi connectivity index (χ4n) is 1.58. The highest BCUT2D eigenvalue weighted by atomic mass is 16.4. The molecule has 1 heterocycles. The van der Waals surface area contributed by atoms with Crippen molar-refractivity contribution in [3.63, 3.8) is 0 Å². The number of carbonyl (C=O) groups excluding carboxylic acids is 1. The first-order chi connectivity index (χ1) is 6.50. The fraction of sp³-hybridized carbons (Fsp3) is 0.778. The van der Waals surface area contributed by atoms with Gasteiger partial charge in [-0.1, -0.05) is 6.92 Å². The molecule has 5 nitrogen and oxygen atoms in total. The number of amides is 1. The van der Waals surface area contributed by atoms with Gasteiger partial charge in [0.1, 0.15) is 0 Å². The van der Waals surface area contributed by atoms with Gasteiger partial charge in [0.2, 0.25) is 5.91 Å². The Morgan fingerprint density at radius 2 is 2.14 bits per heavy atom. The van der Waals surface area contributed by atoms with Crippen LogP contribution in [-0.4, -0.2) is 41.5 Å². The number of carboxylic acid groups (broad SMARTS) is 1. The Bertz CT molecular complexity index is 236. The summed E-state index contributed by atoms with van der Waals surface area (Å²) in [6.45, 7) is 3.90. The van der Waals surface area contributed by atoms with Gasteiger partial charge in [0.05, 0.1) is 5.92 Å². The average Bonchev–Trinajstić information content (AvgIpc) is 2.00. The molecule has 1 aliphatic rings. The van der Waals surface area contributed by atoms with E-state index in [9.17, 15) is 9.59 Å². The van der Waals surface area contributed by atoms with Crippen molar-refractivity contribution in [1.82, 2.24) is 4.90 Å². The van der Waals surface area contributed by atoms with E-state index in [0.717, 1.165) is 13.1 Å². The quantitative estimate of drug-likeness (QED) is 0.627. The zero-order chi connectivity index (χ0) is 10.7. The summed E-state index contributed by atoms with van der Waals surface area (Å²) in [5.41, 5.74) is 5.00. The number of carboxylic acids is 1. The van der Waals surface area contributed by atoms with Gasteiger partial charge in [0.15, 0.2) is 0 Å². The minimum absolute atomic E-state index is 0.223. The summed E-state index contributed by atoms with van der Waals surface area (Å²) in [6.07, 6.45) is 0.355. The number of hydrogen-bond acceptors (Lipinski definition) is 3. The highest BCUT2D eigenvalue weighted by Gasteiger charge is 2.34. The summed E-state index contributed by atoms with van der Waals surface area (Å²) >= 11 is 0. The number of carbonyl (C=O) groups is 2. The second-order valence-electron chi connectivity index (χ2n) is 3.86. The molecule has 1 aliphatic heterocycles. The molecule has 0 saturated carbocycles. The number of hydrogen-bond donors (Lipinski definition) is 2. The van der Waals surface area contributed by atoms with Crippen LogP contribution in [0.3, 0.4) is 0 Å². The lowest BCUT2D eigenvalue weighted by atomic mass is 9.87. The van der Waals surface area contributed by atoms with Crippen LogP contribution < -0.4 is 5.73 Å². The van der Waals surface area contributed by atoms with Gasteiger partial charge in [-0.25, -0.2) is 0 Å². The van der Waals surface area contributed by atoms with E-state index in [1.165, 1.54) is 0 Å². The maximum absolute atomic E-state index is 10.6. The Hall–Kier alpha value is -1.10. The number of aliphatic carboxylic acids is 1. The van der Waals surface area contributed by atoms with Gasteiger partial charge < -0.3 is 15.7 Å². The predicted octanol–water partition coefficient (Wildman–Crippen LogP) is -0.486. The molecule has 3 N–H and O–H groups in total. The van der Waals surface area contributed by atoms with Crippen molar-refractivity contribution >= 4 is 11.9 Å². The van der Waals surface area contributed by atoms with E-state index >= 15 is 0 Å². The molecule has 1 rings (SSSR count). The predicted molar refractivity (Wildman–Crippen MR) is 50.5 cm³/mol. The molecule has 1 amide bonds. The van der Waals surface area contributed by atoms with Crippen molar-refractivity contribution < 1.29 is 14.7 Å². The van der Waals surface area contributed by atoms with Crippen LogP contribution in [0.5, 0.6) is 0 Å². The molecule has 0 aromatic heterocycles. The van der Waals surface area contributed by atoms with Crippen LogP contribution in [0.4, 0.5) is 0 Å². The smallest absolute Gasteiger partial charge is 0.306 e. The topological polar surface area (TPSA) is 83.6 Å². The molecule has 1 fully saturated rings. The Kier molecular flexibility index (Phi) is 3.46. The lowest BCUT2D eigenvalue weighted by Crippen LogP contribution is -2.51. The fourth-order valence-corrected chi connectivity index (χ4v) is 1.58. The van der Waals surface area contributed by atoms with Gasteiger partial charge in [-0.3, -0.25) is 9.59 Å². The summed E-state index contributed by atoms with van der Waals surface area (Å²) in [5, 5.41) is 8.73. The summed E-state index contributed by atoms with van der Waals surface area (Å²) in [4.78, 5) is 23.1. The zero-order valence-corrected chi connectivity index (χ0v) is 8.27. The molecular formula is C9H16N2O3. The third kappa shape index (κ3) is 2.70. The van der Waals surface area contributed by atoms with Crippen molar-refractivity contribution in [2.75, 3.05) is 19.6 Å². The van der Waals surface area contributed by atoms with Crippen LogP contribution in [-0.2, 0) is 9.59 Å². The van der Waals surface area contributed by atoms with Crippen LogP contribution in [0.2, 0.25) is 0 Å². The van der Waals surface area contributed by atoms with Gasteiger partial charge in [-0.15, -0.1) is 0 Å². The minimum Gasteiger partial charge on any atom is -0.481 e. The molecule has 14 heavy (non-hydrogen) atoms. The molecule has 80 valence electrons. The molecular weight excluding hydrogens is 184 g/mol. The molecule has 0 radical (unpaired) electrons. The van der Waals surface area contributed by atoms with Crippen LogP contribution in [0.25, 0.3) is 0 Å². The minimum atomic E-state index is -0.746. The lowest BCUT2D eigenvalue weighted by Gasteiger charge is -2.41. The van der Waals surface area contributed by atoms with Gasteiger partial charge in [-0.2, -0.15) is 0 Å². The molecule has 1 unspecified atom stereocenters. The summed E-state index contributed by atoms with van der Waals surface area (Å²) in [7, 11) is 0. The molecule has 0 bridgehead atoms. The standard InChI is InChI=1S/C9H16N2O3/c1-6(9(13)14)7-4-11(5-7)3-2-8(10)12/h6-7H,2-5H2,1H3,(H2,10,12)(H,13,14). The molecule has 0 spiro atoms. The highest BCUT2D eigenvalue weighted by Crippen LogP contribution is 2.23. The highest BCUT2D eigenvalue weighted by molar-refractivity contribution is 5.74. The second-order valence-corrected chi connectivity index (χ2v) is 3.86. The second kappa shape index (κ2) is 4.41. The number of likely N-dealkylation sites (tertiary alicyclic amines) is 1. The summed E-state index contributed by atoms with van der Waals surface area (Å²) in [6, 6.07) is 0. The average molecular weight is 200 g/mol. The van der Waals surface area contributed by atoms with E-state index in [0.29, 0.717) is 13.0 Å². The number of nitrogens with two attached hydrogens (primary N) is 1. The zero-order valence-electron chi connectivity index (χ0n) is 8.27. The molecule has 5 heteroatoms. The number of primary amides is 1. The maximum atomic E-state index is 10.6. The van der Waals surface area contributed by atoms with E-state index in [-0.39, 0.29) is 17.7 Å². The van der Waals surface area contributed by atoms with Gasteiger partial charge in [0, 0.05) is 26.1 Å². The third-order valence-electron chi connectivity index (χ3n) is 2.76. The SMILES string of the molecule is CC(C(=O)O)C1CN(CCC(N)=O)C1. The van der Waals surface area contributed by atoms with E-state index in [2.05, 4.69) is 4.90 Å². The van der Waals surface area contributed by atoms with Gasteiger partial charge >= 0.3 is 5.97 Å². The summed E-state index contributed by atoms with van der Waals surface area (Å²) in [5.74, 6) is -1.12. The number of nitrogens with zero attached hydrogens (tertiary/aromatic N) is 1. The first-order valence-corrected chi connectivity index (χ1v) is 4.74. The van der Waals surface area contributed by atoms with Crippen molar-refractivity contribution in [3.05, 3.63) is 0 Å². The Morgan fingerprint density at radius 3 is 2.57 bits per heavy atom. The monoisotopic (exact) mass is 200 g/mol. The first-order valence-electron chi connectivity index (χ1n) is 4.74. The lowest BCUT2D eigenvalue weighted by molar-refractivity contribution is -0.145. The maximum Gasteiger partial charge on any atom is 0.306 e. The van der Waals surface area contributed by atoms with E-state index < -0.39 is 5.97 Å². The third-order valence-corrected chi connectivity index (χ3v) is 2.76. The van der Waals surface area contributed by atoms with E-state index in [1.807, 2.05) is 0 Å². The van der Waals surface area contributed by atoms with Crippen molar-refractivity contribution in [3.8, 4) is 0 Å². The van der Waals surface area contributed by atoms with Crippen LogP contribution >= 0.6 is 0 Å². The largest absolute Gasteiger partial charge is 0.481 e. The molecule has 0 aromatic carbocycles. The van der Waals surface area contributed by atoms with Crippen molar-refractivity contribution in [2.45, 2.75) is 13.3 Å². The van der Waals surface area contributed by atoms with Gasteiger partial charge in [-0.05, 0) is 5.92 Å². The van der Waals surface area contributed by atoms with Crippen LogP contribution in [0, 0.1) is 11.8 Å². The number of rotatable bonds is 5. The molecule has 0 aliphatic carbocycles. The van der Waals surface area contributed by atoms with E-state index in [4.69, 9.17) is 10.8 Å². The Labute approximate surface area is 82.9 Å². The first kappa shape index (κ1) is 11.0. The van der Waals surface area contributed by atoms with Crippen molar-refractivity contribution in [1.29, 1.82) is 0 Å². The normalized spacial score (nSPS) is 20.1. The van der Waals surface area contributed by atoms with Crippen molar-refractivity contribution in [2.24, 2.45) is 17.6 Å². The Morgan fingerprint density at radius 1 is 1.57 bits per heavy atom. The summed E-state index contributed by atoms with van der Waals surface area (Å²) < 4.78 is 0. The van der Waals surface area contributed by atoms with E-state index in [1.54, 1.807) is 6.92 Å². The van der Waals surface area contributed by atoms with Crippen LogP contribution in [0.1, 0.15) is 13.3 Å². The van der Waals surface area contributed by atoms with Gasteiger partial charge in [0.25, 0.3) is 0 Å². The molecule has 0 aromatic rings.